The van der Waals surface area contributed by atoms with E-state index >= 15 is 0 Å². The van der Waals surface area contributed by atoms with E-state index in [1.54, 1.807) is 13.8 Å². The van der Waals surface area contributed by atoms with Gasteiger partial charge in [0.15, 0.2) is 11.5 Å². The number of alkyl halides is 6. The Morgan fingerprint density at radius 2 is 1.49 bits per heavy atom. The summed E-state index contributed by atoms with van der Waals surface area (Å²) in [7, 11) is 2.75. The van der Waals surface area contributed by atoms with Crippen LogP contribution in [-0.4, -0.2) is 50.6 Å². The highest BCUT2D eigenvalue weighted by Crippen LogP contribution is 2.47. The van der Waals surface area contributed by atoms with Crippen molar-refractivity contribution in [1.82, 2.24) is 4.90 Å². The first-order chi connectivity index (χ1) is 20.2. The Balaban J connectivity index is 2.22. The molecule has 0 aliphatic carbocycles. The van der Waals surface area contributed by atoms with Crippen LogP contribution in [0.15, 0.2) is 30.3 Å². The number of amides is 2. The highest BCUT2D eigenvalue weighted by atomic mass is 19.4. The number of halogens is 6. The van der Waals surface area contributed by atoms with Gasteiger partial charge in [-0.05, 0) is 56.5 Å². The summed E-state index contributed by atoms with van der Waals surface area (Å²) in [5.41, 5.74) is -2.81. The van der Waals surface area contributed by atoms with Crippen molar-refractivity contribution in [2.24, 2.45) is 0 Å². The number of ether oxygens (including phenoxy) is 4. The van der Waals surface area contributed by atoms with Crippen LogP contribution in [0.2, 0.25) is 0 Å². The van der Waals surface area contributed by atoms with Gasteiger partial charge >= 0.3 is 24.5 Å². The summed E-state index contributed by atoms with van der Waals surface area (Å²) in [4.78, 5) is 28.9. The van der Waals surface area contributed by atoms with E-state index in [2.05, 4.69) is 0 Å². The molecule has 0 bridgehead atoms. The summed E-state index contributed by atoms with van der Waals surface area (Å²) in [6.45, 7) is 4.57. The molecular weight excluding hydrogens is 586 g/mol. The number of carbonyl (C=O) groups excluding carboxylic acids is 2. The molecule has 238 valence electrons. The quantitative estimate of drug-likeness (QED) is 0.209. The number of unbranched alkanes of at least 4 members (excludes halogenated alkanes) is 1. The number of methoxy groups -OCH3 is 2. The first-order valence-corrected chi connectivity index (χ1v) is 13.6. The normalized spacial score (nSPS) is 16.8. The highest BCUT2D eigenvalue weighted by molar-refractivity contribution is 5.91. The lowest BCUT2D eigenvalue weighted by atomic mass is 9.90. The van der Waals surface area contributed by atoms with Crippen LogP contribution in [0, 0.1) is 0 Å². The maximum atomic E-state index is 13.6. The van der Waals surface area contributed by atoms with E-state index in [-0.39, 0.29) is 42.9 Å². The van der Waals surface area contributed by atoms with Crippen LogP contribution in [-0.2, 0) is 28.4 Å². The summed E-state index contributed by atoms with van der Waals surface area (Å²) in [6, 6.07) is 2.63. The monoisotopic (exact) mass is 620 g/mol. The molecule has 3 rings (SSSR count). The molecule has 43 heavy (non-hydrogen) atoms. The average molecular weight is 621 g/mol. The van der Waals surface area contributed by atoms with Gasteiger partial charge in [0.05, 0.1) is 50.3 Å². The van der Waals surface area contributed by atoms with Gasteiger partial charge in [-0.2, -0.15) is 26.3 Å². The zero-order valence-corrected chi connectivity index (χ0v) is 24.4. The minimum absolute atomic E-state index is 0.0156. The first kappa shape index (κ1) is 33.7. The average Bonchev–Trinajstić information content (AvgIpc) is 2.93. The van der Waals surface area contributed by atoms with Crippen molar-refractivity contribution in [1.29, 1.82) is 0 Å². The van der Waals surface area contributed by atoms with E-state index in [0.29, 0.717) is 30.5 Å². The summed E-state index contributed by atoms with van der Waals surface area (Å²) in [5, 5.41) is 0. The number of fused-ring (bicyclic) bond motifs is 1. The van der Waals surface area contributed by atoms with E-state index in [0.717, 1.165) is 4.90 Å². The molecular formula is C29H34F6N2O6. The van der Waals surface area contributed by atoms with Gasteiger partial charge in [0.1, 0.15) is 0 Å². The molecule has 0 fully saturated rings. The van der Waals surface area contributed by atoms with Gasteiger partial charge in [0.25, 0.3) is 0 Å². The molecule has 2 unspecified atom stereocenters. The molecule has 0 radical (unpaired) electrons. The minimum atomic E-state index is -5.07. The van der Waals surface area contributed by atoms with Crippen LogP contribution in [0.4, 0.5) is 41.6 Å². The predicted molar refractivity (Wildman–Crippen MR) is 144 cm³/mol. The Labute approximate surface area is 245 Å². The fraction of sp³-hybridized carbons (Fsp3) is 0.517. The third-order valence-electron chi connectivity index (χ3n) is 6.96. The largest absolute Gasteiger partial charge is 0.493 e. The zero-order valence-electron chi connectivity index (χ0n) is 24.4. The number of nitrogens with zero attached hydrogens (tertiary/aromatic N) is 2. The van der Waals surface area contributed by atoms with Gasteiger partial charge in [-0.1, -0.05) is 13.3 Å². The molecule has 1 aliphatic heterocycles. The molecule has 0 saturated heterocycles. The van der Waals surface area contributed by atoms with Crippen molar-refractivity contribution in [3.05, 3.63) is 52.6 Å². The Kier molecular flexibility index (Phi) is 10.7. The number of carbonyl (C=O) groups is 2. The van der Waals surface area contributed by atoms with Gasteiger partial charge in [0.2, 0.25) is 0 Å². The SMILES string of the molecule is CCCCOC(=O)N(Cc1cc(C(F)(F)F)cc(C(F)(F)F)c1)C1CC(C)N(C(=O)OCC)c2cc(OC)c(OC)cc21. The summed E-state index contributed by atoms with van der Waals surface area (Å²) in [5.74, 6) is 0.468. The molecule has 2 amide bonds. The Morgan fingerprint density at radius 1 is 0.907 bits per heavy atom. The van der Waals surface area contributed by atoms with E-state index < -0.39 is 59.9 Å². The predicted octanol–water partition coefficient (Wildman–Crippen LogP) is 7.98. The molecule has 8 nitrogen and oxygen atoms in total. The lowest BCUT2D eigenvalue weighted by molar-refractivity contribution is -0.143. The second-order valence-electron chi connectivity index (χ2n) is 9.95. The fourth-order valence-electron chi connectivity index (χ4n) is 4.91. The lowest BCUT2D eigenvalue weighted by Crippen LogP contribution is -2.47. The molecule has 2 aromatic carbocycles. The van der Waals surface area contributed by atoms with Crippen molar-refractivity contribution in [2.45, 2.75) is 71.0 Å². The van der Waals surface area contributed by atoms with Crippen LogP contribution in [0.1, 0.15) is 68.3 Å². The van der Waals surface area contributed by atoms with Crippen molar-refractivity contribution >= 4 is 17.9 Å². The molecule has 0 aromatic heterocycles. The Bertz CT molecular complexity index is 1270. The molecule has 0 N–H and O–H groups in total. The summed E-state index contributed by atoms with van der Waals surface area (Å²) in [6.07, 6.45) is -10.6. The van der Waals surface area contributed by atoms with Gasteiger partial charge in [-0.3, -0.25) is 9.80 Å². The van der Waals surface area contributed by atoms with E-state index in [1.807, 2.05) is 6.92 Å². The number of anilines is 1. The van der Waals surface area contributed by atoms with Crippen molar-refractivity contribution < 1.29 is 54.9 Å². The van der Waals surface area contributed by atoms with Crippen LogP contribution in [0.5, 0.6) is 11.5 Å². The number of benzene rings is 2. The maximum Gasteiger partial charge on any atom is 0.416 e. The summed E-state index contributed by atoms with van der Waals surface area (Å²) < 4.78 is 103. The van der Waals surface area contributed by atoms with E-state index in [4.69, 9.17) is 18.9 Å². The van der Waals surface area contributed by atoms with Gasteiger partial charge < -0.3 is 18.9 Å². The highest BCUT2D eigenvalue weighted by Gasteiger charge is 2.42. The molecule has 1 heterocycles. The molecule has 1 aliphatic rings. The van der Waals surface area contributed by atoms with Gasteiger partial charge in [-0.15, -0.1) is 0 Å². The van der Waals surface area contributed by atoms with Crippen LogP contribution in [0.25, 0.3) is 0 Å². The summed E-state index contributed by atoms with van der Waals surface area (Å²) >= 11 is 0. The Hall–Kier alpha value is -3.84. The minimum Gasteiger partial charge on any atom is -0.493 e. The van der Waals surface area contributed by atoms with Gasteiger partial charge in [-0.25, -0.2) is 9.59 Å². The third-order valence-corrected chi connectivity index (χ3v) is 6.96. The van der Waals surface area contributed by atoms with Crippen LogP contribution >= 0.6 is 0 Å². The molecule has 0 saturated carbocycles. The Morgan fingerprint density at radius 3 is 2.00 bits per heavy atom. The standard InChI is InChI=1S/C29H34F6N2O6/c1-6-8-9-43-26(38)36(16-18-11-19(28(30,31)32)13-20(12-18)29(33,34)35)22-10-17(3)37(27(39)42-7-2)23-15-25(41-5)24(40-4)14-21(22)23/h11-15,17,22H,6-10,16H2,1-5H3. The van der Waals surface area contributed by atoms with Crippen molar-refractivity contribution in [3.63, 3.8) is 0 Å². The number of hydrogen-bond acceptors (Lipinski definition) is 6. The molecule has 2 aromatic rings. The fourth-order valence-corrected chi connectivity index (χ4v) is 4.91. The lowest BCUT2D eigenvalue weighted by Gasteiger charge is -2.43. The van der Waals surface area contributed by atoms with Crippen LogP contribution < -0.4 is 14.4 Å². The van der Waals surface area contributed by atoms with E-state index in [1.165, 1.54) is 31.3 Å². The zero-order chi connectivity index (χ0) is 32.1. The second-order valence-corrected chi connectivity index (χ2v) is 9.95. The van der Waals surface area contributed by atoms with Crippen molar-refractivity contribution in [2.75, 3.05) is 32.3 Å². The first-order valence-electron chi connectivity index (χ1n) is 13.6. The van der Waals surface area contributed by atoms with E-state index in [9.17, 15) is 35.9 Å². The number of hydrogen-bond donors (Lipinski definition) is 0. The van der Waals surface area contributed by atoms with Gasteiger partial charge in [0, 0.05) is 24.2 Å². The third kappa shape index (κ3) is 7.77. The van der Waals surface area contributed by atoms with Crippen molar-refractivity contribution in [3.8, 4) is 11.5 Å². The second kappa shape index (κ2) is 13.6. The topological polar surface area (TPSA) is 77.5 Å². The molecule has 0 spiro atoms. The number of rotatable bonds is 9. The molecule has 14 heteroatoms. The maximum absolute atomic E-state index is 13.6. The smallest absolute Gasteiger partial charge is 0.416 e. The van der Waals surface area contributed by atoms with Crippen LogP contribution in [0.3, 0.4) is 0 Å². The molecule has 2 atom stereocenters.